The van der Waals surface area contributed by atoms with E-state index >= 15 is 0 Å². The molecule has 2 aromatic rings. The summed E-state index contributed by atoms with van der Waals surface area (Å²) in [4.78, 5) is 33.7. The van der Waals surface area contributed by atoms with Crippen molar-refractivity contribution in [3.05, 3.63) is 59.4 Å². The molecule has 1 N–H and O–H groups in total. The second-order valence-electron chi connectivity index (χ2n) is 7.37. The Bertz CT molecular complexity index is 825. The van der Waals surface area contributed by atoms with Crippen LogP contribution in [-0.2, 0) is 0 Å². The predicted octanol–water partition coefficient (Wildman–Crippen LogP) is 3.24. The van der Waals surface area contributed by atoms with Crippen molar-refractivity contribution >= 4 is 17.5 Å². The summed E-state index contributed by atoms with van der Waals surface area (Å²) in [6.07, 6.45) is 0. The molecule has 0 spiro atoms. The minimum Gasteiger partial charge on any atom is -0.335 e. The van der Waals surface area contributed by atoms with Crippen LogP contribution >= 0.6 is 0 Å². The van der Waals surface area contributed by atoms with Crippen LogP contribution in [0, 0.1) is 0 Å². The number of carbonyl (C=O) groups excluding carboxylic acids is 2. The van der Waals surface area contributed by atoms with Crippen molar-refractivity contribution in [1.82, 2.24) is 14.8 Å². The van der Waals surface area contributed by atoms with Gasteiger partial charge >= 0.3 is 0 Å². The third-order valence-electron chi connectivity index (χ3n) is 5.14. The van der Waals surface area contributed by atoms with Gasteiger partial charge in [-0.05, 0) is 42.3 Å². The molecule has 6 heteroatoms. The van der Waals surface area contributed by atoms with Gasteiger partial charge in [-0.15, -0.1) is 0 Å². The van der Waals surface area contributed by atoms with E-state index in [1.807, 2.05) is 24.3 Å². The largest absolute Gasteiger partial charge is 0.335 e. The standard InChI is InChI=1S/C22H28N4O2/c1-4-25-12-14-26(15-13-25)22(28)20-7-5-6-19(24-20)21(27)23-18-10-8-17(9-11-18)16(2)3/h5-11,16H,4,12-15H2,1-3H3,(H,23,27). The van der Waals surface area contributed by atoms with E-state index in [-0.39, 0.29) is 17.5 Å². The summed E-state index contributed by atoms with van der Waals surface area (Å²) in [6.45, 7) is 10.5. The summed E-state index contributed by atoms with van der Waals surface area (Å²) < 4.78 is 0. The molecule has 0 saturated carbocycles. The van der Waals surface area contributed by atoms with E-state index in [1.54, 1.807) is 23.1 Å². The van der Waals surface area contributed by atoms with Crippen LogP contribution in [0.1, 0.15) is 53.2 Å². The quantitative estimate of drug-likeness (QED) is 0.865. The predicted molar refractivity (Wildman–Crippen MR) is 111 cm³/mol. The molecule has 1 saturated heterocycles. The SMILES string of the molecule is CCN1CCN(C(=O)c2cccc(C(=O)Nc3ccc(C(C)C)cc3)n2)CC1. The van der Waals surface area contributed by atoms with Gasteiger partial charge in [-0.2, -0.15) is 0 Å². The van der Waals surface area contributed by atoms with E-state index in [0.717, 1.165) is 19.6 Å². The first-order valence-corrected chi connectivity index (χ1v) is 9.88. The van der Waals surface area contributed by atoms with Gasteiger partial charge in [0.05, 0.1) is 0 Å². The van der Waals surface area contributed by atoms with Gasteiger partial charge in [-0.1, -0.05) is 39.0 Å². The average Bonchev–Trinajstić information content (AvgIpc) is 2.73. The first kappa shape index (κ1) is 20.0. The normalized spacial score (nSPS) is 14.9. The summed E-state index contributed by atoms with van der Waals surface area (Å²) in [5.41, 5.74) is 2.48. The summed E-state index contributed by atoms with van der Waals surface area (Å²) >= 11 is 0. The Balaban J connectivity index is 1.66. The molecule has 28 heavy (non-hydrogen) atoms. The van der Waals surface area contributed by atoms with Gasteiger partial charge in [-0.25, -0.2) is 4.98 Å². The van der Waals surface area contributed by atoms with Crippen molar-refractivity contribution in [3.8, 4) is 0 Å². The van der Waals surface area contributed by atoms with Crippen LogP contribution in [0.5, 0.6) is 0 Å². The Labute approximate surface area is 166 Å². The average molecular weight is 380 g/mol. The second-order valence-corrected chi connectivity index (χ2v) is 7.37. The number of likely N-dealkylation sites (N-methyl/N-ethyl adjacent to an activating group) is 1. The molecule has 0 radical (unpaired) electrons. The van der Waals surface area contributed by atoms with Crippen molar-refractivity contribution in [2.75, 3.05) is 38.0 Å². The van der Waals surface area contributed by atoms with Gasteiger partial charge < -0.3 is 15.1 Å². The highest BCUT2D eigenvalue weighted by Gasteiger charge is 2.23. The Kier molecular flexibility index (Phi) is 6.41. The summed E-state index contributed by atoms with van der Waals surface area (Å²) in [6, 6.07) is 12.8. The number of amides is 2. The molecule has 1 aliphatic rings. The molecule has 148 valence electrons. The van der Waals surface area contributed by atoms with Crippen LogP contribution in [0.4, 0.5) is 5.69 Å². The molecule has 0 unspecified atom stereocenters. The van der Waals surface area contributed by atoms with Gasteiger partial charge in [0, 0.05) is 31.9 Å². The zero-order chi connectivity index (χ0) is 20.1. The Morgan fingerprint density at radius 3 is 2.25 bits per heavy atom. The lowest BCUT2D eigenvalue weighted by atomic mass is 10.0. The molecule has 1 fully saturated rings. The monoisotopic (exact) mass is 380 g/mol. The maximum atomic E-state index is 12.7. The number of piperazine rings is 1. The molecule has 2 amide bonds. The first-order chi connectivity index (χ1) is 13.5. The fraction of sp³-hybridized carbons (Fsp3) is 0.409. The molecule has 2 heterocycles. The van der Waals surface area contributed by atoms with Crippen LogP contribution in [0.3, 0.4) is 0 Å². The van der Waals surface area contributed by atoms with Crippen LogP contribution in [0.15, 0.2) is 42.5 Å². The topological polar surface area (TPSA) is 65.5 Å². The summed E-state index contributed by atoms with van der Waals surface area (Å²) in [5, 5.41) is 2.85. The number of anilines is 1. The molecular formula is C22H28N4O2. The molecule has 1 aromatic heterocycles. The molecule has 6 nitrogen and oxygen atoms in total. The van der Waals surface area contributed by atoms with Crippen LogP contribution in [0.25, 0.3) is 0 Å². The van der Waals surface area contributed by atoms with Crippen LogP contribution in [0.2, 0.25) is 0 Å². The highest BCUT2D eigenvalue weighted by molar-refractivity contribution is 6.03. The lowest BCUT2D eigenvalue weighted by Gasteiger charge is -2.33. The number of hydrogen-bond acceptors (Lipinski definition) is 4. The zero-order valence-corrected chi connectivity index (χ0v) is 16.8. The Hall–Kier alpha value is -2.73. The van der Waals surface area contributed by atoms with Crippen molar-refractivity contribution in [2.24, 2.45) is 0 Å². The molecule has 3 rings (SSSR count). The number of pyridine rings is 1. The summed E-state index contributed by atoms with van der Waals surface area (Å²) in [7, 11) is 0. The van der Waals surface area contributed by atoms with E-state index in [9.17, 15) is 9.59 Å². The van der Waals surface area contributed by atoms with Gasteiger partial charge in [0.1, 0.15) is 11.4 Å². The second kappa shape index (κ2) is 8.97. The maximum absolute atomic E-state index is 12.7. The molecule has 1 aromatic carbocycles. The smallest absolute Gasteiger partial charge is 0.274 e. The van der Waals surface area contributed by atoms with Crippen molar-refractivity contribution in [3.63, 3.8) is 0 Å². The van der Waals surface area contributed by atoms with Gasteiger partial charge in [0.2, 0.25) is 0 Å². The minimum atomic E-state index is -0.317. The molecule has 1 aliphatic heterocycles. The fourth-order valence-corrected chi connectivity index (χ4v) is 3.26. The highest BCUT2D eigenvalue weighted by Crippen LogP contribution is 2.17. The van der Waals surface area contributed by atoms with Crippen molar-refractivity contribution in [1.29, 1.82) is 0 Å². The number of nitrogens with one attached hydrogen (secondary N) is 1. The molecule has 0 aliphatic carbocycles. The maximum Gasteiger partial charge on any atom is 0.274 e. The van der Waals surface area contributed by atoms with Crippen LogP contribution < -0.4 is 5.32 Å². The number of hydrogen-bond donors (Lipinski definition) is 1. The highest BCUT2D eigenvalue weighted by atomic mass is 16.2. The Morgan fingerprint density at radius 2 is 1.64 bits per heavy atom. The van der Waals surface area contributed by atoms with E-state index in [2.05, 4.69) is 36.0 Å². The van der Waals surface area contributed by atoms with Crippen molar-refractivity contribution < 1.29 is 9.59 Å². The fourth-order valence-electron chi connectivity index (χ4n) is 3.26. The lowest BCUT2D eigenvalue weighted by Crippen LogP contribution is -2.48. The molecule has 0 bridgehead atoms. The zero-order valence-electron chi connectivity index (χ0n) is 16.8. The van der Waals surface area contributed by atoms with E-state index in [0.29, 0.717) is 30.4 Å². The third kappa shape index (κ3) is 4.75. The number of carbonyl (C=O) groups is 2. The van der Waals surface area contributed by atoms with Gasteiger partial charge in [0.25, 0.3) is 11.8 Å². The number of aromatic nitrogens is 1. The number of benzene rings is 1. The molecule has 0 atom stereocenters. The van der Waals surface area contributed by atoms with Gasteiger partial charge in [-0.3, -0.25) is 9.59 Å². The van der Waals surface area contributed by atoms with E-state index in [1.165, 1.54) is 5.56 Å². The van der Waals surface area contributed by atoms with Crippen LogP contribution in [-0.4, -0.2) is 59.3 Å². The lowest BCUT2D eigenvalue weighted by molar-refractivity contribution is 0.0637. The first-order valence-electron chi connectivity index (χ1n) is 9.88. The summed E-state index contributed by atoms with van der Waals surface area (Å²) in [5.74, 6) is 0.00254. The van der Waals surface area contributed by atoms with E-state index in [4.69, 9.17) is 0 Å². The van der Waals surface area contributed by atoms with E-state index < -0.39 is 0 Å². The van der Waals surface area contributed by atoms with Gasteiger partial charge in [0.15, 0.2) is 0 Å². The molecular weight excluding hydrogens is 352 g/mol. The number of nitrogens with zero attached hydrogens (tertiary/aromatic N) is 3. The third-order valence-corrected chi connectivity index (χ3v) is 5.14. The minimum absolute atomic E-state index is 0.119. The Morgan fingerprint density at radius 1 is 1.00 bits per heavy atom. The number of rotatable bonds is 5. The van der Waals surface area contributed by atoms with Crippen molar-refractivity contribution in [2.45, 2.75) is 26.7 Å².